The van der Waals surface area contributed by atoms with Crippen molar-refractivity contribution in [2.24, 2.45) is 0 Å². The van der Waals surface area contributed by atoms with Crippen LogP contribution in [-0.2, 0) is 11.3 Å². The maximum absolute atomic E-state index is 11.7. The molecule has 0 fully saturated rings. The molecule has 0 amide bonds. The molecular formula is C14H12O3S. The number of hydrogen-bond acceptors (Lipinski definition) is 4. The highest BCUT2D eigenvalue weighted by Crippen LogP contribution is 2.42. The summed E-state index contributed by atoms with van der Waals surface area (Å²) in [5.74, 6) is 0.622. The monoisotopic (exact) mass is 260 g/mol. The van der Waals surface area contributed by atoms with E-state index in [0.717, 1.165) is 21.8 Å². The molecule has 0 saturated heterocycles. The molecule has 18 heavy (non-hydrogen) atoms. The number of rotatable bonds is 2. The fourth-order valence-corrected chi connectivity index (χ4v) is 3.09. The van der Waals surface area contributed by atoms with Crippen LogP contribution in [0.5, 0.6) is 5.75 Å². The van der Waals surface area contributed by atoms with Crippen LogP contribution in [0.3, 0.4) is 0 Å². The molecule has 0 unspecified atom stereocenters. The van der Waals surface area contributed by atoms with Gasteiger partial charge in [0.05, 0.1) is 6.61 Å². The molecule has 0 atom stereocenters. The van der Waals surface area contributed by atoms with Gasteiger partial charge in [0.1, 0.15) is 17.2 Å². The Bertz CT molecular complexity index is 601. The fourth-order valence-electron chi connectivity index (χ4n) is 2.00. The van der Waals surface area contributed by atoms with Gasteiger partial charge in [0.25, 0.3) is 0 Å². The average Bonchev–Trinajstić information content (AvgIpc) is 2.83. The topological polar surface area (TPSA) is 35.5 Å². The zero-order valence-corrected chi connectivity index (χ0v) is 10.8. The van der Waals surface area contributed by atoms with Gasteiger partial charge in [-0.25, -0.2) is 4.79 Å². The van der Waals surface area contributed by atoms with Crippen molar-refractivity contribution in [2.45, 2.75) is 13.5 Å². The number of hydrogen-bond donors (Lipinski definition) is 0. The van der Waals surface area contributed by atoms with Gasteiger partial charge in [-0.05, 0) is 25.1 Å². The number of carbonyl (C=O) groups is 1. The number of fused-ring (bicyclic) bond motifs is 3. The van der Waals surface area contributed by atoms with Gasteiger partial charge in [-0.15, -0.1) is 11.3 Å². The first kappa shape index (κ1) is 11.3. The lowest BCUT2D eigenvalue weighted by molar-refractivity contribution is 0.0532. The second-order valence-corrected chi connectivity index (χ2v) is 5.02. The van der Waals surface area contributed by atoms with Crippen molar-refractivity contribution in [3.8, 4) is 16.2 Å². The highest BCUT2D eigenvalue weighted by Gasteiger charge is 2.22. The molecular weight excluding hydrogens is 248 g/mol. The normalized spacial score (nSPS) is 12.3. The molecule has 0 aliphatic carbocycles. The molecule has 3 nitrogen and oxygen atoms in total. The lowest BCUT2D eigenvalue weighted by Gasteiger charge is -2.16. The van der Waals surface area contributed by atoms with Gasteiger partial charge >= 0.3 is 5.97 Å². The number of ether oxygens (including phenoxy) is 2. The van der Waals surface area contributed by atoms with E-state index in [9.17, 15) is 4.79 Å². The standard InChI is InChI=1S/C14H12O3S/c1-2-16-14(15)12-7-9-8-17-11-6-4-3-5-10(11)13(9)18-12/h3-7H,2,8H2,1H3. The first-order valence-electron chi connectivity index (χ1n) is 5.81. The molecule has 0 N–H and O–H groups in total. The van der Waals surface area contributed by atoms with Gasteiger partial charge in [-0.2, -0.15) is 0 Å². The second kappa shape index (κ2) is 4.46. The third-order valence-corrected chi connectivity index (χ3v) is 3.99. The van der Waals surface area contributed by atoms with Crippen molar-refractivity contribution in [3.63, 3.8) is 0 Å². The first-order chi connectivity index (χ1) is 8.79. The summed E-state index contributed by atoms with van der Waals surface area (Å²) < 4.78 is 10.7. The van der Waals surface area contributed by atoms with Crippen LogP contribution in [-0.4, -0.2) is 12.6 Å². The van der Waals surface area contributed by atoms with Crippen molar-refractivity contribution in [2.75, 3.05) is 6.61 Å². The fraction of sp³-hybridized carbons (Fsp3) is 0.214. The van der Waals surface area contributed by atoms with E-state index >= 15 is 0 Å². The maximum atomic E-state index is 11.7. The summed E-state index contributed by atoms with van der Waals surface area (Å²) in [6.07, 6.45) is 0. The van der Waals surface area contributed by atoms with E-state index < -0.39 is 0 Å². The van der Waals surface area contributed by atoms with Crippen LogP contribution in [0.2, 0.25) is 0 Å². The minimum absolute atomic E-state index is 0.255. The minimum atomic E-state index is -0.255. The molecule has 0 saturated carbocycles. The Kier molecular flexibility index (Phi) is 2.80. The summed E-state index contributed by atoms with van der Waals surface area (Å²) in [5.41, 5.74) is 2.11. The van der Waals surface area contributed by atoms with Crippen molar-refractivity contribution < 1.29 is 14.3 Å². The Labute approximate surface area is 109 Å². The van der Waals surface area contributed by atoms with Crippen molar-refractivity contribution >= 4 is 17.3 Å². The molecule has 2 heterocycles. The minimum Gasteiger partial charge on any atom is -0.488 e. The van der Waals surface area contributed by atoms with Crippen LogP contribution in [0.1, 0.15) is 22.2 Å². The Morgan fingerprint density at radius 2 is 2.28 bits per heavy atom. The summed E-state index contributed by atoms with van der Waals surface area (Å²) in [6.45, 7) is 2.72. The van der Waals surface area contributed by atoms with E-state index in [4.69, 9.17) is 9.47 Å². The van der Waals surface area contributed by atoms with Gasteiger partial charge in [-0.3, -0.25) is 0 Å². The van der Waals surface area contributed by atoms with E-state index in [-0.39, 0.29) is 5.97 Å². The van der Waals surface area contributed by atoms with E-state index in [2.05, 4.69) is 0 Å². The highest BCUT2D eigenvalue weighted by molar-refractivity contribution is 7.17. The molecule has 0 bridgehead atoms. The third kappa shape index (κ3) is 1.78. The Morgan fingerprint density at radius 1 is 1.44 bits per heavy atom. The van der Waals surface area contributed by atoms with Crippen molar-refractivity contribution in [1.82, 2.24) is 0 Å². The van der Waals surface area contributed by atoms with Gasteiger partial charge in [0.2, 0.25) is 0 Å². The molecule has 1 aromatic heterocycles. The number of esters is 1. The maximum Gasteiger partial charge on any atom is 0.348 e. The molecule has 1 aliphatic rings. The quantitative estimate of drug-likeness (QED) is 0.775. The van der Waals surface area contributed by atoms with E-state index in [1.54, 1.807) is 0 Å². The first-order valence-corrected chi connectivity index (χ1v) is 6.63. The predicted molar refractivity (Wildman–Crippen MR) is 70.0 cm³/mol. The molecule has 4 heteroatoms. The summed E-state index contributed by atoms with van der Waals surface area (Å²) in [4.78, 5) is 13.5. The van der Waals surface area contributed by atoms with Crippen LogP contribution in [0.4, 0.5) is 0 Å². The number of carbonyl (C=O) groups excluding carboxylic acids is 1. The van der Waals surface area contributed by atoms with Gasteiger partial charge in [-0.1, -0.05) is 12.1 Å². The van der Waals surface area contributed by atoms with Gasteiger partial charge < -0.3 is 9.47 Å². The van der Waals surface area contributed by atoms with Gasteiger partial charge in [0.15, 0.2) is 0 Å². The molecule has 2 aromatic rings. The number of benzene rings is 1. The van der Waals surface area contributed by atoms with Gasteiger partial charge in [0, 0.05) is 16.0 Å². The Balaban J connectivity index is 2.04. The van der Waals surface area contributed by atoms with E-state index in [1.807, 2.05) is 37.3 Å². The number of thiophene rings is 1. The van der Waals surface area contributed by atoms with Crippen LogP contribution in [0.25, 0.3) is 10.4 Å². The Morgan fingerprint density at radius 3 is 3.11 bits per heavy atom. The zero-order valence-electron chi connectivity index (χ0n) is 9.93. The molecule has 3 rings (SSSR count). The third-order valence-electron chi connectivity index (χ3n) is 2.80. The predicted octanol–water partition coefficient (Wildman–Crippen LogP) is 3.48. The largest absolute Gasteiger partial charge is 0.488 e. The summed E-state index contributed by atoms with van der Waals surface area (Å²) in [6, 6.07) is 9.75. The van der Waals surface area contributed by atoms with Crippen LogP contribution >= 0.6 is 11.3 Å². The molecule has 0 radical (unpaired) electrons. The van der Waals surface area contributed by atoms with E-state index in [0.29, 0.717) is 18.1 Å². The summed E-state index contributed by atoms with van der Waals surface area (Å²) in [5, 5.41) is 0. The molecule has 1 aliphatic heterocycles. The van der Waals surface area contributed by atoms with Crippen molar-refractivity contribution in [3.05, 3.63) is 40.8 Å². The summed E-state index contributed by atoms with van der Waals surface area (Å²) >= 11 is 1.47. The molecule has 1 aromatic carbocycles. The SMILES string of the molecule is CCOC(=O)c1cc2c(s1)-c1ccccc1OC2. The molecule has 92 valence electrons. The lowest BCUT2D eigenvalue weighted by Crippen LogP contribution is -2.03. The van der Waals surface area contributed by atoms with Crippen LogP contribution in [0, 0.1) is 0 Å². The average molecular weight is 260 g/mol. The Hall–Kier alpha value is -1.81. The smallest absolute Gasteiger partial charge is 0.348 e. The van der Waals surface area contributed by atoms with Crippen LogP contribution in [0.15, 0.2) is 30.3 Å². The second-order valence-electron chi connectivity index (χ2n) is 3.97. The summed E-state index contributed by atoms with van der Waals surface area (Å²) in [7, 11) is 0. The molecule has 0 spiro atoms. The van der Waals surface area contributed by atoms with Crippen molar-refractivity contribution in [1.29, 1.82) is 0 Å². The zero-order chi connectivity index (χ0) is 12.5. The van der Waals surface area contributed by atoms with Crippen LogP contribution < -0.4 is 4.74 Å². The lowest BCUT2D eigenvalue weighted by atomic mass is 10.1. The number of para-hydroxylation sites is 1. The highest BCUT2D eigenvalue weighted by atomic mass is 32.1. The van der Waals surface area contributed by atoms with E-state index in [1.165, 1.54) is 11.3 Å².